The van der Waals surface area contributed by atoms with Crippen LogP contribution in [0.5, 0.6) is 0 Å². The number of oxime groups is 2. The van der Waals surface area contributed by atoms with Crippen LogP contribution in [0.1, 0.15) is 40.5 Å². The van der Waals surface area contributed by atoms with Gasteiger partial charge in [-0.3, -0.25) is 0 Å². The van der Waals surface area contributed by atoms with Crippen molar-refractivity contribution in [1.29, 1.82) is 0 Å². The molecule has 16 heavy (non-hydrogen) atoms. The Kier molecular flexibility index (Phi) is 6.72. The quantitative estimate of drug-likeness (QED) is 0.390. The highest BCUT2D eigenvalue weighted by Crippen LogP contribution is 2.10. The Hall–Kier alpha value is -1.10. The molecule has 0 saturated heterocycles. The Bertz CT molecular complexity index is 266. The fourth-order valence-electron chi connectivity index (χ4n) is 0.557. The largest absolute Gasteiger partial charge is 0.531 e. The van der Waals surface area contributed by atoms with E-state index >= 15 is 0 Å². The summed E-state index contributed by atoms with van der Waals surface area (Å²) in [4.78, 5) is 0. The lowest BCUT2D eigenvalue weighted by molar-refractivity contribution is 0.197. The molecule has 5 heteroatoms. The lowest BCUT2D eigenvalue weighted by Gasteiger charge is -2.17. The van der Waals surface area contributed by atoms with Crippen molar-refractivity contribution in [1.82, 2.24) is 0 Å². The van der Waals surface area contributed by atoms with Crippen molar-refractivity contribution in [2.75, 3.05) is 0 Å². The summed E-state index contributed by atoms with van der Waals surface area (Å²) in [6.45, 7) is 13.4. The first-order valence-corrected chi connectivity index (χ1v) is 7.93. The van der Waals surface area contributed by atoms with E-state index in [1.54, 1.807) is 5.70 Å². The minimum atomic E-state index is -2.49. The molecule has 4 nitrogen and oxygen atoms in total. The standard InChI is InChI=1S/C11H22N2O2Si/c1-7-10(4)12-14-16(6,9-3)15-13-11(5)8-2/h9H,3,7-8H2,1-2,4-6H3/b12-10-,13-11-. The average Bonchev–Trinajstić information content (AvgIpc) is 2.32. The molecule has 0 aliphatic carbocycles. The third-order valence-corrected chi connectivity index (χ3v) is 3.81. The van der Waals surface area contributed by atoms with Crippen LogP contribution in [0.2, 0.25) is 6.55 Å². The van der Waals surface area contributed by atoms with Crippen LogP contribution in [0.15, 0.2) is 22.6 Å². The van der Waals surface area contributed by atoms with E-state index in [-0.39, 0.29) is 0 Å². The summed E-state index contributed by atoms with van der Waals surface area (Å²) < 4.78 is 10.8. The molecule has 0 atom stereocenters. The molecule has 0 bridgehead atoms. The van der Waals surface area contributed by atoms with Crippen LogP contribution in [0.4, 0.5) is 0 Å². The first-order chi connectivity index (χ1) is 7.47. The molecular formula is C11H22N2O2Si. The van der Waals surface area contributed by atoms with Crippen LogP contribution in [-0.2, 0) is 9.05 Å². The van der Waals surface area contributed by atoms with Crippen LogP contribution < -0.4 is 0 Å². The Morgan fingerprint density at radius 2 is 1.50 bits per heavy atom. The number of nitrogens with zero attached hydrogens (tertiary/aromatic N) is 2. The summed E-state index contributed by atoms with van der Waals surface area (Å²) in [5.74, 6) is 0. The van der Waals surface area contributed by atoms with Gasteiger partial charge in [-0.05, 0) is 32.4 Å². The van der Waals surface area contributed by atoms with E-state index in [0.29, 0.717) is 0 Å². The molecule has 0 fully saturated rings. The van der Waals surface area contributed by atoms with Crippen LogP contribution in [-0.4, -0.2) is 20.0 Å². The number of hydrogen-bond acceptors (Lipinski definition) is 4. The second-order valence-electron chi connectivity index (χ2n) is 3.76. The predicted octanol–water partition coefficient (Wildman–Crippen LogP) is 3.39. The highest BCUT2D eigenvalue weighted by molar-refractivity contribution is 6.71. The molecule has 0 radical (unpaired) electrons. The highest BCUT2D eigenvalue weighted by Gasteiger charge is 2.33. The van der Waals surface area contributed by atoms with Gasteiger partial charge < -0.3 is 9.05 Å². The third-order valence-electron chi connectivity index (χ3n) is 2.16. The van der Waals surface area contributed by atoms with Crippen LogP contribution >= 0.6 is 0 Å². The minimum Gasteiger partial charge on any atom is -0.404 e. The molecular weight excluding hydrogens is 220 g/mol. The van der Waals surface area contributed by atoms with E-state index in [1.807, 2.05) is 34.2 Å². The molecule has 0 amide bonds. The summed E-state index contributed by atoms with van der Waals surface area (Å²) in [5.41, 5.74) is 3.53. The van der Waals surface area contributed by atoms with E-state index in [0.717, 1.165) is 24.3 Å². The molecule has 0 unspecified atom stereocenters. The Labute approximate surface area is 99.3 Å². The zero-order valence-electron chi connectivity index (χ0n) is 10.9. The fraction of sp³-hybridized carbons (Fsp3) is 0.636. The molecule has 0 aromatic carbocycles. The topological polar surface area (TPSA) is 43.2 Å². The summed E-state index contributed by atoms with van der Waals surface area (Å²) in [6.07, 6.45) is 1.72. The summed E-state index contributed by atoms with van der Waals surface area (Å²) in [7, 11) is -2.49. The average molecular weight is 242 g/mol. The first-order valence-electron chi connectivity index (χ1n) is 5.54. The van der Waals surface area contributed by atoms with Gasteiger partial charge in [0.25, 0.3) is 0 Å². The van der Waals surface area contributed by atoms with Crippen molar-refractivity contribution in [3.8, 4) is 0 Å². The van der Waals surface area contributed by atoms with Gasteiger partial charge >= 0.3 is 8.56 Å². The van der Waals surface area contributed by atoms with Crippen LogP contribution in [0.25, 0.3) is 0 Å². The van der Waals surface area contributed by atoms with Crippen LogP contribution in [0, 0.1) is 0 Å². The maximum atomic E-state index is 5.41. The molecule has 0 aliphatic rings. The predicted molar refractivity (Wildman–Crippen MR) is 70.8 cm³/mol. The highest BCUT2D eigenvalue weighted by atomic mass is 28.4. The van der Waals surface area contributed by atoms with Crippen molar-refractivity contribution in [2.45, 2.75) is 47.1 Å². The SMILES string of the molecule is C=C[Si](C)(O/N=C(/C)CC)O/N=C(/C)CC. The fourth-order valence-corrected chi connectivity index (χ4v) is 1.41. The Morgan fingerprint density at radius 3 is 1.75 bits per heavy atom. The van der Waals surface area contributed by atoms with E-state index in [2.05, 4.69) is 16.9 Å². The van der Waals surface area contributed by atoms with E-state index in [1.165, 1.54) is 0 Å². The van der Waals surface area contributed by atoms with Crippen molar-refractivity contribution < 1.29 is 9.05 Å². The van der Waals surface area contributed by atoms with Gasteiger partial charge in [0, 0.05) is 6.55 Å². The molecule has 0 spiro atoms. The first kappa shape index (κ1) is 14.9. The summed E-state index contributed by atoms with van der Waals surface area (Å²) in [5, 5.41) is 8.00. The normalized spacial score (nSPS) is 13.6. The monoisotopic (exact) mass is 242 g/mol. The van der Waals surface area contributed by atoms with Gasteiger partial charge in [-0.25, -0.2) is 0 Å². The van der Waals surface area contributed by atoms with Crippen LogP contribution in [0.3, 0.4) is 0 Å². The Balaban J connectivity index is 4.48. The molecule has 0 rings (SSSR count). The van der Waals surface area contributed by atoms with Gasteiger partial charge in [0.2, 0.25) is 0 Å². The second-order valence-corrected chi connectivity index (χ2v) is 6.57. The minimum absolute atomic E-state index is 0.860. The van der Waals surface area contributed by atoms with Gasteiger partial charge in [-0.15, -0.1) is 16.9 Å². The van der Waals surface area contributed by atoms with E-state index in [9.17, 15) is 0 Å². The third kappa shape index (κ3) is 5.70. The number of hydrogen-bond donors (Lipinski definition) is 0. The van der Waals surface area contributed by atoms with Gasteiger partial charge in [0.15, 0.2) is 0 Å². The molecule has 0 aliphatic heterocycles. The van der Waals surface area contributed by atoms with E-state index in [4.69, 9.17) is 9.05 Å². The zero-order valence-corrected chi connectivity index (χ0v) is 11.9. The maximum Gasteiger partial charge on any atom is 0.531 e. The molecule has 0 heterocycles. The lowest BCUT2D eigenvalue weighted by Crippen LogP contribution is -2.33. The molecule has 0 saturated carbocycles. The van der Waals surface area contributed by atoms with Crippen molar-refractivity contribution >= 4 is 20.0 Å². The van der Waals surface area contributed by atoms with Gasteiger partial charge in [-0.1, -0.05) is 13.8 Å². The molecule has 0 N–H and O–H groups in total. The Morgan fingerprint density at radius 1 is 1.12 bits per heavy atom. The van der Waals surface area contributed by atoms with Gasteiger partial charge in [0.05, 0.1) is 11.4 Å². The van der Waals surface area contributed by atoms with Crippen molar-refractivity contribution in [3.63, 3.8) is 0 Å². The maximum absolute atomic E-state index is 5.41. The summed E-state index contributed by atoms with van der Waals surface area (Å²) >= 11 is 0. The number of rotatable bonds is 7. The van der Waals surface area contributed by atoms with Gasteiger partial charge in [-0.2, -0.15) is 0 Å². The lowest BCUT2D eigenvalue weighted by atomic mass is 10.3. The zero-order chi connectivity index (χ0) is 12.6. The van der Waals surface area contributed by atoms with E-state index < -0.39 is 8.56 Å². The van der Waals surface area contributed by atoms with Crippen molar-refractivity contribution in [3.05, 3.63) is 12.3 Å². The van der Waals surface area contributed by atoms with Crippen molar-refractivity contribution in [2.24, 2.45) is 10.3 Å². The second kappa shape index (κ2) is 7.22. The molecule has 92 valence electrons. The molecule has 0 aromatic heterocycles. The smallest absolute Gasteiger partial charge is 0.404 e. The molecule has 0 aromatic rings. The van der Waals surface area contributed by atoms with Gasteiger partial charge in [0.1, 0.15) is 0 Å². The summed E-state index contributed by atoms with van der Waals surface area (Å²) in [6, 6.07) is 0.